The SMILES string of the molecule is Cc1ccc(S(=O)(=O)NCCc2ccc(OCC(=O)O)cc2OCc2cccc(OCc3ccc4ccccc4n3)c2)cc1. The van der Waals surface area contributed by atoms with E-state index in [0.29, 0.717) is 30.3 Å². The van der Waals surface area contributed by atoms with E-state index in [1.54, 1.807) is 42.5 Å². The number of fused-ring (bicyclic) bond motifs is 1. The minimum absolute atomic E-state index is 0.133. The number of aromatic nitrogens is 1. The number of para-hydroxylation sites is 1. The van der Waals surface area contributed by atoms with Crippen LogP contribution in [0.3, 0.4) is 0 Å². The molecule has 0 amide bonds. The van der Waals surface area contributed by atoms with Crippen molar-refractivity contribution in [2.45, 2.75) is 31.5 Å². The van der Waals surface area contributed by atoms with Crippen LogP contribution in [0.25, 0.3) is 10.9 Å². The van der Waals surface area contributed by atoms with Gasteiger partial charge in [-0.25, -0.2) is 22.9 Å². The van der Waals surface area contributed by atoms with Gasteiger partial charge in [0.05, 0.1) is 16.1 Å². The number of nitrogens with zero attached hydrogens (tertiary/aromatic N) is 1. The summed E-state index contributed by atoms with van der Waals surface area (Å²) in [4.78, 5) is 15.8. The van der Waals surface area contributed by atoms with Crippen LogP contribution >= 0.6 is 0 Å². The van der Waals surface area contributed by atoms with Crippen molar-refractivity contribution in [3.8, 4) is 17.2 Å². The van der Waals surface area contributed by atoms with Gasteiger partial charge < -0.3 is 19.3 Å². The number of sulfonamides is 1. The zero-order valence-electron chi connectivity index (χ0n) is 24.1. The maximum Gasteiger partial charge on any atom is 0.341 e. The standard InChI is InChI=1S/C34H32N2O7S/c1-24-9-15-31(16-10-24)44(39,40)35-18-17-27-12-14-30(42-23-34(37)38)20-33(27)43-21-25-5-4-7-29(19-25)41-22-28-13-11-26-6-2-3-8-32(26)36-28/h2-16,19-20,35H,17-18,21-23H2,1H3,(H,37,38). The monoisotopic (exact) mass is 612 g/mol. The lowest BCUT2D eigenvalue weighted by Crippen LogP contribution is -2.26. The summed E-state index contributed by atoms with van der Waals surface area (Å²) in [6.45, 7) is 2.02. The van der Waals surface area contributed by atoms with Crippen molar-refractivity contribution in [3.05, 3.63) is 126 Å². The Morgan fingerprint density at radius 3 is 2.43 bits per heavy atom. The number of hydrogen-bond donors (Lipinski definition) is 2. The van der Waals surface area contributed by atoms with E-state index < -0.39 is 22.6 Å². The van der Waals surface area contributed by atoms with Crippen LogP contribution in [0.15, 0.2) is 108 Å². The number of benzene rings is 4. The Labute approximate surface area is 256 Å². The summed E-state index contributed by atoms with van der Waals surface area (Å²) in [6.07, 6.45) is 0.335. The average molecular weight is 613 g/mol. The van der Waals surface area contributed by atoms with Crippen molar-refractivity contribution in [1.29, 1.82) is 0 Å². The van der Waals surface area contributed by atoms with Crippen LogP contribution < -0.4 is 18.9 Å². The topological polar surface area (TPSA) is 124 Å². The Kier molecular flexibility index (Phi) is 9.73. The van der Waals surface area contributed by atoms with E-state index >= 15 is 0 Å². The van der Waals surface area contributed by atoms with Gasteiger partial charge in [-0.3, -0.25) is 0 Å². The fourth-order valence-corrected chi connectivity index (χ4v) is 5.50. The van der Waals surface area contributed by atoms with E-state index in [4.69, 9.17) is 19.3 Å². The summed E-state index contributed by atoms with van der Waals surface area (Å²) >= 11 is 0. The van der Waals surface area contributed by atoms with Crippen LogP contribution in [0.2, 0.25) is 0 Å². The number of carboxylic acids is 1. The molecule has 4 aromatic carbocycles. The van der Waals surface area contributed by atoms with Crippen molar-refractivity contribution in [1.82, 2.24) is 9.71 Å². The van der Waals surface area contributed by atoms with E-state index in [-0.39, 0.29) is 18.0 Å². The fraction of sp³-hybridized carbons (Fsp3) is 0.176. The molecule has 1 aromatic heterocycles. The molecule has 0 radical (unpaired) electrons. The first-order valence-corrected chi connectivity index (χ1v) is 15.5. The minimum Gasteiger partial charge on any atom is -0.488 e. The summed E-state index contributed by atoms with van der Waals surface area (Å²) in [6, 6.07) is 31.0. The number of carbonyl (C=O) groups is 1. The number of hydrogen-bond acceptors (Lipinski definition) is 7. The third kappa shape index (κ3) is 8.33. The summed E-state index contributed by atoms with van der Waals surface area (Å²) < 4.78 is 45.6. The molecule has 0 atom stereocenters. The first-order valence-electron chi connectivity index (χ1n) is 14.0. The van der Waals surface area contributed by atoms with E-state index in [2.05, 4.69) is 9.71 Å². The number of nitrogens with one attached hydrogen (secondary N) is 1. The molecule has 0 saturated heterocycles. The lowest BCUT2D eigenvalue weighted by molar-refractivity contribution is -0.139. The summed E-state index contributed by atoms with van der Waals surface area (Å²) in [5, 5.41) is 10.1. The first kappa shape index (κ1) is 30.5. The highest BCUT2D eigenvalue weighted by atomic mass is 32.2. The molecule has 5 rings (SSSR count). The Bertz CT molecular complexity index is 1860. The van der Waals surface area contributed by atoms with E-state index in [1.807, 2.05) is 67.6 Å². The molecule has 0 aliphatic heterocycles. The van der Waals surface area contributed by atoms with Crippen LogP contribution in [0, 0.1) is 6.92 Å². The normalized spacial score (nSPS) is 11.3. The van der Waals surface area contributed by atoms with Crippen LogP contribution in [0.4, 0.5) is 0 Å². The summed E-state index contributed by atoms with van der Waals surface area (Å²) in [7, 11) is -3.68. The predicted octanol–water partition coefficient (Wildman–Crippen LogP) is 5.69. The fourth-order valence-electron chi connectivity index (χ4n) is 4.46. The summed E-state index contributed by atoms with van der Waals surface area (Å²) in [5.41, 5.74) is 4.26. The van der Waals surface area contributed by atoms with Gasteiger partial charge in [-0.2, -0.15) is 0 Å². The summed E-state index contributed by atoms with van der Waals surface area (Å²) in [5.74, 6) is 0.337. The third-order valence-electron chi connectivity index (χ3n) is 6.75. The van der Waals surface area contributed by atoms with Gasteiger partial charge >= 0.3 is 5.97 Å². The van der Waals surface area contributed by atoms with Gasteiger partial charge in [-0.15, -0.1) is 0 Å². The van der Waals surface area contributed by atoms with Gasteiger partial charge in [-0.1, -0.05) is 60.2 Å². The lowest BCUT2D eigenvalue weighted by Gasteiger charge is -2.15. The zero-order chi connectivity index (χ0) is 30.9. The number of pyridine rings is 1. The Hall–Kier alpha value is -4.93. The number of rotatable bonds is 14. The molecule has 0 aliphatic carbocycles. The van der Waals surface area contributed by atoms with Crippen LogP contribution in [-0.4, -0.2) is 37.6 Å². The molecule has 10 heteroatoms. The largest absolute Gasteiger partial charge is 0.488 e. The molecule has 0 saturated carbocycles. The first-order chi connectivity index (χ1) is 21.2. The maximum absolute atomic E-state index is 12.7. The lowest BCUT2D eigenvalue weighted by atomic mass is 10.1. The maximum atomic E-state index is 12.7. The molecule has 9 nitrogen and oxygen atoms in total. The molecule has 5 aromatic rings. The second-order valence-corrected chi connectivity index (χ2v) is 11.9. The van der Waals surface area contributed by atoms with E-state index in [1.165, 1.54) is 0 Å². The number of aryl methyl sites for hydroxylation is 1. The second-order valence-electron chi connectivity index (χ2n) is 10.1. The third-order valence-corrected chi connectivity index (χ3v) is 8.23. The molecular weight excluding hydrogens is 580 g/mol. The molecule has 226 valence electrons. The van der Waals surface area contributed by atoms with Gasteiger partial charge in [0.15, 0.2) is 6.61 Å². The van der Waals surface area contributed by atoms with Crippen LogP contribution in [0.5, 0.6) is 17.2 Å². The van der Waals surface area contributed by atoms with Crippen molar-refractivity contribution >= 4 is 26.9 Å². The molecule has 2 N–H and O–H groups in total. The van der Waals surface area contributed by atoms with Crippen LogP contribution in [-0.2, 0) is 34.5 Å². The van der Waals surface area contributed by atoms with Crippen LogP contribution in [0.1, 0.15) is 22.4 Å². The van der Waals surface area contributed by atoms with E-state index in [0.717, 1.165) is 33.3 Å². The van der Waals surface area contributed by atoms with Crippen molar-refractivity contribution in [2.75, 3.05) is 13.2 Å². The molecular formula is C34H32N2O7S. The smallest absolute Gasteiger partial charge is 0.341 e. The highest BCUT2D eigenvalue weighted by Gasteiger charge is 2.15. The molecule has 0 unspecified atom stereocenters. The molecule has 0 aliphatic rings. The molecule has 44 heavy (non-hydrogen) atoms. The Morgan fingerprint density at radius 1 is 0.818 bits per heavy atom. The van der Waals surface area contributed by atoms with Crippen molar-refractivity contribution < 1.29 is 32.5 Å². The van der Waals surface area contributed by atoms with E-state index in [9.17, 15) is 13.2 Å². The van der Waals surface area contributed by atoms with Gasteiger partial charge in [0.25, 0.3) is 0 Å². The molecule has 0 spiro atoms. The Morgan fingerprint density at radius 2 is 1.61 bits per heavy atom. The molecule has 0 fully saturated rings. The predicted molar refractivity (Wildman–Crippen MR) is 166 cm³/mol. The van der Waals surface area contributed by atoms with Crippen molar-refractivity contribution in [2.24, 2.45) is 0 Å². The molecule has 1 heterocycles. The zero-order valence-corrected chi connectivity index (χ0v) is 24.9. The minimum atomic E-state index is -3.68. The highest BCUT2D eigenvalue weighted by molar-refractivity contribution is 7.89. The van der Waals surface area contributed by atoms with Crippen molar-refractivity contribution in [3.63, 3.8) is 0 Å². The molecule has 0 bridgehead atoms. The Balaban J connectivity index is 1.24. The average Bonchev–Trinajstić information content (AvgIpc) is 3.02. The van der Waals surface area contributed by atoms with Gasteiger partial charge in [0.1, 0.15) is 30.5 Å². The second kappa shape index (κ2) is 14.0. The van der Waals surface area contributed by atoms with Gasteiger partial charge in [0.2, 0.25) is 10.0 Å². The van der Waals surface area contributed by atoms with Gasteiger partial charge in [-0.05, 0) is 66.9 Å². The highest BCUT2D eigenvalue weighted by Crippen LogP contribution is 2.27. The number of ether oxygens (including phenoxy) is 3. The number of carboxylic acid groups (broad SMARTS) is 1. The van der Waals surface area contributed by atoms with Gasteiger partial charge in [0, 0.05) is 18.0 Å². The quantitative estimate of drug-likeness (QED) is 0.164. The number of aliphatic carboxylic acids is 1.